The molecule has 4 rings (SSSR count). The zero-order valence-electron chi connectivity index (χ0n) is 11.2. The van der Waals surface area contributed by atoms with Crippen LogP contribution in [0.2, 0.25) is 0 Å². The number of aryl methyl sites for hydroxylation is 1. The molecule has 18 heavy (non-hydrogen) atoms. The zero-order chi connectivity index (χ0) is 12.5. The molecule has 2 nitrogen and oxygen atoms in total. The number of nitrogens with one attached hydrogen (secondary N) is 1. The fraction of sp³-hybridized carbons (Fsp3) is 0.500. The minimum atomic E-state index is 0.633. The van der Waals surface area contributed by atoms with Gasteiger partial charge in [0.15, 0.2) is 0 Å². The molecule has 96 valence electrons. The van der Waals surface area contributed by atoms with E-state index < -0.39 is 0 Å². The van der Waals surface area contributed by atoms with E-state index in [2.05, 4.69) is 48.0 Å². The van der Waals surface area contributed by atoms with E-state index in [0.717, 1.165) is 5.92 Å². The molecule has 3 aliphatic rings. The van der Waals surface area contributed by atoms with E-state index in [-0.39, 0.29) is 0 Å². The van der Waals surface area contributed by atoms with Crippen LogP contribution in [0.3, 0.4) is 0 Å². The Bertz CT molecular complexity index is 427. The maximum absolute atomic E-state index is 4.28. The Kier molecular flexibility index (Phi) is 3.13. The minimum Gasteiger partial charge on any atom is -0.359 e. The smallest absolute Gasteiger partial charge is 0.0381 e. The molecule has 2 heteroatoms. The van der Waals surface area contributed by atoms with Gasteiger partial charge in [-0.2, -0.15) is 0 Å². The van der Waals surface area contributed by atoms with E-state index in [1.54, 1.807) is 0 Å². The van der Waals surface area contributed by atoms with E-state index in [1.807, 2.05) is 0 Å². The molecule has 0 unspecified atom stereocenters. The number of piperidine rings is 3. The van der Waals surface area contributed by atoms with Gasteiger partial charge in [0.1, 0.15) is 0 Å². The van der Waals surface area contributed by atoms with Gasteiger partial charge in [-0.15, -0.1) is 0 Å². The summed E-state index contributed by atoms with van der Waals surface area (Å²) in [4.78, 5) is 2.58. The Morgan fingerprint density at radius 2 is 1.89 bits per heavy atom. The van der Waals surface area contributed by atoms with Gasteiger partial charge in [0.2, 0.25) is 0 Å². The topological polar surface area (TPSA) is 15.3 Å². The van der Waals surface area contributed by atoms with Crippen LogP contribution in [-0.4, -0.2) is 24.5 Å². The van der Waals surface area contributed by atoms with Crippen molar-refractivity contribution in [2.24, 2.45) is 11.8 Å². The van der Waals surface area contributed by atoms with Crippen molar-refractivity contribution in [2.75, 3.05) is 25.0 Å². The van der Waals surface area contributed by atoms with E-state index in [0.29, 0.717) is 5.92 Å². The highest BCUT2D eigenvalue weighted by molar-refractivity contribution is 5.49. The van der Waals surface area contributed by atoms with Gasteiger partial charge in [-0.05, 0) is 50.9 Å². The molecule has 3 heterocycles. The van der Waals surface area contributed by atoms with Crippen molar-refractivity contribution in [3.63, 3.8) is 0 Å². The average Bonchev–Trinajstić information content (AvgIpc) is 2.42. The van der Waals surface area contributed by atoms with Gasteiger partial charge in [-0.25, -0.2) is 0 Å². The number of benzene rings is 1. The molecule has 0 aliphatic carbocycles. The van der Waals surface area contributed by atoms with Crippen LogP contribution in [0.25, 0.3) is 0 Å². The molecule has 3 saturated heterocycles. The molecule has 2 bridgehead atoms. The van der Waals surface area contributed by atoms with Gasteiger partial charge < -0.3 is 10.2 Å². The second-order valence-corrected chi connectivity index (χ2v) is 5.76. The van der Waals surface area contributed by atoms with Gasteiger partial charge in [0.05, 0.1) is 0 Å². The summed E-state index contributed by atoms with van der Waals surface area (Å²) >= 11 is 0. The Hall–Kier alpha value is -1.28. The first-order valence-corrected chi connectivity index (χ1v) is 6.97. The molecule has 0 spiro atoms. The summed E-state index contributed by atoms with van der Waals surface area (Å²) in [7, 11) is 0. The van der Waals surface area contributed by atoms with E-state index in [9.17, 15) is 0 Å². The molecular weight excluding hydrogens is 220 g/mol. The maximum atomic E-state index is 4.28. The lowest BCUT2D eigenvalue weighted by molar-refractivity contribution is 0.0690. The molecule has 0 amide bonds. The normalized spacial score (nSPS) is 30.2. The summed E-state index contributed by atoms with van der Waals surface area (Å²) in [5.41, 5.74) is 3.67. The minimum absolute atomic E-state index is 0.633. The predicted octanol–water partition coefficient (Wildman–Crippen LogP) is 3.26. The second-order valence-electron chi connectivity index (χ2n) is 5.76. The van der Waals surface area contributed by atoms with Crippen LogP contribution in [0.1, 0.15) is 18.4 Å². The van der Waals surface area contributed by atoms with Crippen molar-refractivity contribution >= 4 is 5.69 Å². The third-order valence-electron chi connectivity index (χ3n) is 4.46. The summed E-state index contributed by atoms with van der Waals surface area (Å²) in [5.74, 6) is 1.48. The Labute approximate surface area is 110 Å². The number of anilines is 1. The van der Waals surface area contributed by atoms with Crippen molar-refractivity contribution in [1.82, 2.24) is 4.90 Å². The lowest BCUT2D eigenvalue weighted by Crippen LogP contribution is -2.48. The fourth-order valence-corrected chi connectivity index (χ4v) is 3.27. The predicted molar refractivity (Wildman–Crippen MR) is 76.6 cm³/mol. The highest BCUT2D eigenvalue weighted by atomic mass is 15.2. The molecular formula is C16H22N2. The van der Waals surface area contributed by atoms with Crippen molar-refractivity contribution in [1.29, 1.82) is 0 Å². The fourth-order valence-electron chi connectivity index (χ4n) is 3.27. The average molecular weight is 242 g/mol. The summed E-state index contributed by atoms with van der Waals surface area (Å²) in [5, 5.41) is 3.50. The highest BCUT2D eigenvalue weighted by Gasteiger charge is 2.35. The van der Waals surface area contributed by atoms with Crippen LogP contribution in [0.5, 0.6) is 0 Å². The molecule has 0 saturated carbocycles. The largest absolute Gasteiger partial charge is 0.359 e. The molecule has 1 atom stereocenters. The number of nitrogens with zero attached hydrogens (tertiary/aromatic N) is 1. The quantitative estimate of drug-likeness (QED) is 0.875. The summed E-state index contributed by atoms with van der Waals surface area (Å²) in [6.07, 6.45) is 2.69. The molecule has 1 N–H and O–H groups in total. The first-order valence-electron chi connectivity index (χ1n) is 6.97. The number of rotatable bonds is 3. The van der Waals surface area contributed by atoms with E-state index >= 15 is 0 Å². The number of hydrogen-bond donors (Lipinski definition) is 1. The third kappa shape index (κ3) is 2.30. The third-order valence-corrected chi connectivity index (χ3v) is 4.46. The van der Waals surface area contributed by atoms with Gasteiger partial charge in [-0.3, -0.25) is 0 Å². The molecule has 1 aromatic rings. The van der Waals surface area contributed by atoms with Crippen LogP contribution >= 0.6 is 0 Å². The second kappa shape index (κ2) is 4.77. The Balaban J connectivity index is 1.66. The Morgan fingerprint density at radius 1 is 1.22 bits per heavy atom. The molecule has 0 aromatic heterocycles. The molecule has 0 radical (unpaired) electrons. The van der Waals surface area contributed by atoms with Crippen molar-refractivity contribution in [2.45, 2.75) is 19.8 Å². The van der Waals surface area contributed by atoms with E-state index in [1.165, 1.54) is 49.4 Å². The van der Waals surface area contributed by atoms with Gasteiger partial charge in [0, 0.05) is 23.8 Å². The van der Waals surface area contributed by atoms with Crippen molar-refractivity contribution in [3.8, 4) is 0 Å². The number of hydrogen-bond acceptors (Lipinski definition) is 2. The van der Waals surface area contributed by atoms with Crippen molar-refractivity contribution in [3.05, 3.63) is 42.1 Å². The van der Waals surface area contributed by atoms with E-state index in [4.69, 9.17) is 0 Å². The van der Waals surface area contributed by atoms with Crippen LogP contribution < -0.4 is 5.32 Å². The SMILES string of the molecule is C=C(Nc1ccc(C)cc1)[C@H]1CN2CCC1CC2. The molecule has 1 aromatic carbocycles. The zero-order valence-corrected chi connectivity index (χ0v) is 11.2. The maximum Gasteiger partial charge on any atom is 0.0381 e. The van der Waals surface area contributed by atoms with Crippen LogP contribution in [-0.2, 0) is 0 Å². The lowest BCUT2D eigenvalue weighted by Gasteiger charge is -2.45. The summed E-state index contributed by atoms with van der Waals surface area (Å²) in [6.45, 7) is 10.2. The summed E-state index contributed by atoms with van der Waals surface area (Å²) in [6, 6.07) is 8.57. The van der Waals surface area contributed by atoms with Crippen LogP contribution in [0, 0.1) is 18.8 Å². The molecule has 3 fully saturated rings. The standard InChI is InChI=1S/C16H22N2/c1-12-3-5-15(6-4-12)17-13(2)16-11-18-9-7-14(16)8-10-18/h3-6,14,16-17H,2,7-11H2,1H3/t16-/m1/s1. The Morgan fingerprint density at radius 3 is 2.44 bits per heavy atom. The first kappa shape index (κ1) is 11.8. The van der Waals surface area contributed by atoms with Gasteiger partial charge >= 0.3 is 0 Å². The monoisotopic (exact) mass is 242 g/mol. The summed E-state index contributed by atoms with van der Waals surface area (Å²) < 4.78 is 0. The van der Waals surface area contributed by atoms with Crippen LogP contribution in [0.15, 0.2) is 36.5 Å². The molecule has 3 aliphatic heterocycles. The highest BCUT2D eigenvalue weighted by Crippen LogP contribution is 2.36. The van der Waals surface area contributed by atoms with Gasteiger partial charge in [0.25, 0.3) is 0 Å². The number of fused-ring (bicyclic) bond motifs is 3. The van der Waals surface area contributed by atoms with Crippen LogP contribution in [0.4, 0.5) is 5.69 Å². The van der Waals surface area contributed by atoms with Gasteiger partial charge in [-0.1, -0.05) is 24.3 Å². The first-order chi connectivity index (χ1) is 8.72. The van der Waals surface area contributed by atoms with Crippen molar-refractivity contribution < 1.29 is 0 Å². The lowest BCUT2D eigenvalue weighted by atomic mass is 9.77.